The van der Waals surface area contributed by atoms with Crippen LogP contribution in [0.2, 0.25) is 0 Å². The fourth-order valence-corrected chi connectivity index (χ4v) is 4.24. The molecule has 0 unspecified atom stereocenters. The lowest BCUT2D eigenvalue weighted by Gasteiger charge is -2.35. The van der Waals surface area contributed by atoms with Crippen molar-refractivity contribution in [3.63, 3.8) is 0 Å². The van der Waals surface area contributed by atoms with Crippen LogP contribution in [-0.4, -0.2) is 73.2 Å². The van der Waals surface area contributed by atoms with E-state index in [0.29, 0.717) is 43.9 Å². The van der Waals surface area contributed by atoms with Gasteiger partial charge in [-0.15, -0.1) is 0 Å². The van der Waals surface area contributed by atoms with Crippen molar-refractivity contribution < 1.29 is 23.5 Å². The molecule has 0 bridgehead atoms. The first-order valence-corrected chi connectivity index (χ1v) is 10.7. The second kappa shape index (κ2) is 9.80. The van der Waals surface area contributed by atoms with E-state index in [1.54, 1.807) is 0 Å². The molecule has 3 aliphatic heterocycles. The number of amides is 1. The Kier molecular flexibility index (Phi) is 6.93. The van der Waals surface area contributed by atoms with Crippen molar-refractivity contribution in [1.29, 1.82) is 0 Å². The Labute approximate surface area is 165 Å². The number of hydrogen-bond donors (Lipinski definition) is 0. The van der Waals surface area contributed by atoms with Gasteiger partial charge < -0.3 is 23.6 Å². The van der Waals surface area contributed by atoms with Crippen molar-refractivity contribution in [3.8, 4) is 0 Å². The van der Waals surface area contributed by atoms with Gasteiger partial charge in [0.1, 0.15) is 0 Å². The highest BCUT2D eigenvalue weighted by Crippen LogP contribution is 2.25. The predicted molar refractivity (Wildman–Crippen MR) is 99.9 cm³/mol. The van der Waals surface area contributed by atoms with Crippen molar-refractivity contribution >= 4 is 5.91 Å². The van der Waals surface area contributed by atoms with E-state index in [2.05, 4.69) is 10.1 Å². The largest absolute Gasteiger partial charge is 0.381 e. The van der Waals surface area contributed by atoms with Crippen molar-refractivity contribution in [2.24, 2.45) is 5.92 Å². The summed E-state index contributed by atoms with van der Waals surface area (Å²) >= 11 is 0. The third-order valence-corrected chi connectivity index (χ3v) is 6.06. The van der Waals surface area contributed by atoms with Crippen molar-refractivity contribution in [3.05, 3.63) is 11.7 Å². The van der Waals surface area contributed by atoms with Crippen LogP contribution >= 0.6 is 0 Å². The van der Waals surface area contributed by atoms with Gasteiger partial charge >= 0.3 is 0 Å². The highest BCUT2D eigenvalue weighted by Gasteiger charge is 2.29. The van der Waals surface area contributed by atoms with Crippen LogP contribution in [0.15, 0.2) is 4.52 Å². The topological polar surface area (TPSA) is 86.9 Å². The van der Waals surface area contributed by atoms with E-state index in [0.717, 1.165) is 70.7 Å². The Bertz CT molecular complexity index is 617. The van der Waals surface area contributed by atoms with Gasteiger partial charge in [-0.3, -0.25) is 4.79 Å². The summed E-state index contributed by atoms with van der Waals surface area (Å²) in [5.74, 6) is 2.23. The van der Waals surface area contributed by atoms with Gasteiger partial charge in [0.25, 0.3) is 0 Å². The summed E-state index contributed by atoms with van der Waals surface area (Å²) in [6, 6.07) is 0. The second-order valence-corrected chi connectivity index (χ2v) is 7.97. The molecule has 8 nitrogen and oxygen atoms in total. The highest BCUT2D eigenvalue weighted by molar-refractivity contribution is 5.79. The summed E-state index contributed by atoms with van der Waals surface area (Å²) in [6.45, 7) is 5.12. The van der Waals surface area contributed by atoms with E-state index in [4.69, 9.17) is 18.7 Å². The molecule has 0 atom stereocenters. The Morgan fingerprint density at radius 2 is 1.68 bits per heavy atom. The van der Waals surface area contributed by atoms with Crippen LogP contribution in [0, 0.1) is 5.92 Å². The Morgan fingerprint density at radius 3 is 2.39 bits per heavy atom. The zero-order valence-corrected chi connectivity index (χ0v) is 16.5. The minimum absolute atomic E-state index is 0.148. The first-order valence-electron chi connectivity index (χ1n) is 10.7. The molecule has 1 amide bonds. The molecule has 4 heterocycles. The normalized spacial score (nSPS) is 23.2. The summed E-state index contributed by atoms with van der Waals surface area (Å²) < 4.78 is 22.2. The summed E-state index contributed by atoms with van der Waals surface area (Å²) in [5.41, 5.74) is 0. The highest BCUT2D eigenvalue weighted by atomic mass is 16.5. The van der Waals surface area contributed by atoms with Gasteiger partial charge in [0.05, 0.1) is 12.7 Å². The molecular formula is C20H31N3O5. The lowest BCUT2D eigenvalue weighted by Crippen LogP contribution is -2.44. The third-order valence-electron chi connectivity index (χ3n) is 6.06. The SMILES string of the molecule is O=C(C1CCOCC1)N1CCC(OCCc2noc(C3CCOCC3)n2)CC1. The average molecular weight is 393 g/mol. The quantitative estimate of drug-likeness (QED) is 0.730. The molecule has 0 aromatic carbocycles. The van der Waals surface area contributed by atoms with Gasteiger partial charge in [0, 0.05) is 57.8 Å². The molecule has 28 heavy (non-hydrogen) atoms. The van der Waals surface area contributed by atoms with Gasteiger partial charge in [-0.1, -0.05) is 5.16 Å². The zero-order valence-electron chi connectivity index (χ0n) is 16.5. The van der Waals surface area contributed by atoms with Crippen LogP contribution in [-0.2, 0) is 25.4 Å². The average Bonchev–Trinajstić information content (AvgIpc) is 3.24. The first kappa shape index (κ1) is 19.8. The van der Waals surface area contributed by atoms with E-state index in [1.807, 2.05) is 4.90 Å². The standard InChI is InChI=1S/C20H31N3O5/c24-20(16-5-12-26-13-6-16)23-8-1-17(2-9-23)27-14-7-18-21-19(28-22-18)15-3-10-25-11-4-15/h15-17H,1-14H2. The molecular weight excluding hydrogens is 362 g/mol. The number of carbonyl (C=O) groups is 1. The number of aromatic nitrogens is 2. The molecule has 3 fully saturated rings. The minimum Gasteiger partial charge on any atom is -0.381 e. The molecule has 3 saturated heterocycles. The molecule has 4 rings (SSSR count). The monoisotopic (exact) mass is 393 g/mol. The predicted octanol–water partition coefficient (Wildman–Crippen LogP) is 1.94. The molecule has 1 aromatic heterocycles. The number of ether oxygens (including phenoxy) is 3. The van der Waals surface area contributed by atoms with E-state index in [1.165, 1.54) is 0 Å². The summed E-state index contributed by atoms with van der Waals surface area (Å²) in [5, 5.41) is 4.09. The number of piperidine rings is 1. The number of nitrogens with zero attached hydrogens (tertiary/aromatic N) is 3. The number of rotatable bonds is 6. The van der Waals surface area contributed by atoms with Crippen LogP contribution in [0.1, 0.15) is 56.2 Å². The smallest absolute Gasteiger partial charge is 0.229 e. The van der Waals surface area contributed by atoms with Crippen LogP contribution < -0.4 is 0 Å². The molecule has 0 radical (unpaired) electrons. The van der Waals surface area contributed by atoms with E-state index < -0.39 is 0 Å². The minimum atomic E-state index is 0.148. The van der Waals surface area contributed by atoms with Crippen LogP contribution in [0.25, 0.3) is 0 Å². The van der Waals surface area contributed by atoms with E-state index >= 15 is 0 Å². The molecule has 3 aliphatic rings. The third kappa shape index (κ3) is 5.10. The fourth-order valence-electron chi connectivity index (χ4n) is 4.24. The maximum atomic E-state index is 12.6. The Morgan fingerprint density at radius 1 is 1.00 bits per heavy atom. The van der Waals surface area contributed by atoms with Crippen molar-refractivity contribution in [1.82, 2.24) is 15.0 Å². The summed E-state index contributed by atoms with van der Waals surface area (Å²) in [4.78, 5) is 19.1. The van der Waals surface area contributed by atoms with Crippen molar-refractivity contribution in [2.75, 3.05) is 46.1 Å². The van der Waals surface area contributed by atoms with E-state index in [9.17, 15) is 4.79 Å². The maximum Gasteiger partial charge on any atom is 0.229 e. The van der Waals surface area contributed by atoms with Crippen molar-refractivity contribution in [2.45, 2.75) is 57.0 Å². The zero-order chi connectivity index (χ0) is 19.2. The first-order chi connectivity index (χ1) is 13.8. The summed E-state index contributed by atoms with van der Waals surface area (Å²) in [7, 11) is 0. The van der Waals surface area contributed by atoms with Gasteiger partial charge in [0.2, 0.25) is 11.8 Å². The van der Waals surface area contributed by atoms with Crippen LogP contribution in [0.4, 0.5) is 0 Å². The molecule has 1 aromatic rings. The van der Waals surface area contributed by atoms with Gasteiger partial charge in [0.15, 0.2) is 5.82 Å². The van der Waals surface area contributed by atoms with Crippen LogP contribution in [0.5, 0.6) is 0 Å². The lowest BCUT2D eigenvalue weighted by atomic mass is 9.97. The molecule has 0 saturated carbocycles. The Hall–Kier alpha value is -1.51. The number of carbonyl (C=O) groups excluding carboxylic acids is 1. The maximum absolute atomic E-state index is 12.6. The molecule has 156 valence electrons. The van der Waals surface area contributed by atoms with Gasteiger partial charge in [-0.25, -0.2) is 0 Å². The van der Waals surface area contributed by atoms with Gasteiger partial charge in [-0.2, -0.15) is 4.98 Å². The number of hydrogen-bond acceptors (Lipinski definition) is 7. The second-order valence-electron chi connectivity index (χ2n) is 7.97. The summed E-state index contributed by atoms with van der Waals surface area (Å²) in [6.07, 6.45) is 6.27. The molecule has 0 N–H and O–H groups in total. The molecule has 0 aliphatic carbocycles. The lowest BCUT2D eigenvalue weighted by molar-refractivity contribution is -0.141. The van der Waals surface area contributed by atoms with Gasteiger partial charge in [-0.05, 0) is 38.5 Å². The Balaban J connectivity index is 1.15. The number of likely N-dealkylation sites (tertiary alicyclic amines) is 1. The molecule has 8 heteroatoms. The fraction of sp³-hybridized carbons (Fsp3) is 0.850. The molecule has 0 spiro atoms. The van der Waals surface area contributed by atoms with E-state index in [-0.39, 0.29) is 12.0 Å². The van der Waals surface area contributed by atoms with Crippen LogP contribution in [0.3, 0.4) is 0 Å².